The van der Waals surface area contributed by atoms with Gasteiger partial charge in [-0.05, 0) is 141 Å². The highest BCUT2D eigenvalue weighted by molar-refractivity contribution is 5.97. The number of imide groups is 2. The van der Waals surface area contributed by atoms with Gasteiger partial charge in [-0.25, -0.2) is 19.4 Å². The van der Waals surface area contributed by atoms with E-state index >= 15 is 0 Å². The molecule has 6 atom stereocenters. The van der Waals surface area contributed by atoms with Crippen LogP contribution in [0.5, 0.6) is 0 Å². The third-order valence-corrected chi connectivity index (χ3v) is 13.0. The van der Waals surface area contributed by atoms with Crippen molar-refractivity contribution < 1.29 is 38.1 Å². The monoisotopic (exact) mass is 1070 g/mol. The van der Waals surface area contributed by atoms with Crippen LogP contribution >= 0.6 is 0 Å². The van der Waals surface area contributed by atoms with Gasteiger partial charge < -0.3 is 18.9 Å². The van der Waals surface area contributed by atoms with Crippen LogP contribution in [-0.2, 0) is 28.5 Å². The number of ether oxygens (including phenoxy) is 4. The summed E-state index contributed by atoms with van der Waals surface area (Å²) in [5.74, 6) is -0.627. The molecule has 0 radical (unpaired) electrons. The molecule has 2 aliphatic heterocycles. The third-order valence-electron chi connectivity index (χ3n) is 13.0. The van der Waals surface area contributed by atoms with E-state index in [4.69, 9.17) is 18.9 Å². The Kier molecular flexibility index (Phi) is 36.0. The van der Waals surface area contributed by atoms with Crippen LogP contribution in [0.25, 0.3) is 0 Å². The standard InChI is InChI=1S/2C34H47NO4/c2*1-4-6-7-8-9-10-11-12-13-14-15-16-17-18-19-20-21-25-28-38-31(5-2)33(36)35-29(3)32(39-34(35)37)30-26-23-22-24-27-30/h2*6-7,9-10,12-13,15-16,18-19,22-24,26-27,29,31-32H,4-5,8,11,14,17,20-21,25,28H2,1-3H3/b2*7-6-,10-9-,13-12-,16-15-,19-18-/t29-,31+,32-;29-,31-,32-/m00/s1. The van der Waals surface area contributed by atoms with Gasteiger partial charge in [0, 0.05) is 13.2 Å². The molecule has 4 rings (SSSR count). The Morgan fingerprint density at radius 3 is 1.00 bits per heavy atom. The first kappa shape index (κ1) is 65.9. The Hall–Kier alpha value is -6.36. The zero-order valence-electron chi connectivity index (χ0n) is 48.1. The zero-order chi connectivity index (χ0) is 56.3. The molecule has 4 amide bonds. The van der Waals surface area contributed by atoms with Crippen LogP contribution < -0.4 is 0 Å². The van der Waals surface area contributed by atoms with Gasteiger partial charge in [-0.3, -0.25) is 9.59 Å². The van der Waals surface area contributed by atoms with Crippen LogP contribution in [0, 0.1) is 0 Å². The molecular formula is C68H94N2O8. The average molecular weight is 1070 g/mol. The highest BCUT2D eigenvalue weighted by Gasteiger charge is 2.46. The van der Waals surface area contributed by atoms with Crippen LogP contribution in [-0.4, -0.2) is 71.3 Å². The summed E-state index contributed by atoms with van der Waals surface area (Å²) in [4.78, 5) is 53.6. The molecule has 0 bridgehead atoms. The van der Waals surface area contributed by atoms with Crippen molar-refractivity contribution in [2.45, 2.75) is 194 Å². The molecule has 2 saturated heterocycles. The Bertz CT molecular complexity index is 2110. The molecule has 2 heterocycles. The predicted octanol–water partition coefficient (Wildman–Crippen LogP) is 17.6. The molecule has 2 fully saturated rings. The summed E-state index contributed by atoms with van der Waals surface area (Å²) in [6, 6.07) is 18.3. The van der Waals surface area contributed by atoms with Gasteiger partial charge >= 0.3 is 12.2 Å². The fourth-order valence-electron chi connectivity index (χ4n) is 8.65. The highest BCUT2D eigenvalue weighted by atomic mass is 16.6. The average Bonchev–Trinajstić information content (AvgIpc) is 4.00. The van der Waals surface area contributed by atoms with Crippen LogP contribution in [0.1, 0.15) is 180 Å². The fraction of sp³-hybridized carbons (Fsp3) is 0.471. The van der Waals surface area contributed by atoms with Crippen molar-refractivity contribution in [1.29, 1.82) is 0 Å². The number of carbonyl (C=O) groups is 4. The molecule has 0 aromatic heterocycles. The number of nitrogens with zero attached hydrogens (tertiary/aromatic N) is 2. The molecule has 78 heavy (non-hydrogen) atoms. The number of allylic oxidation sites excluding steroid dienone is 20. The van der Waals surface area contributed by atoms with Crippen molar-refractivity contribution in [3.63, 3.8) is 0 Å². The molecule has 424 valence electrons. The summed E-state index contributed by atoms with van der Waals surface area (Å²) in [6.07, 6.45) is 57.4. The Morgan fingerprint density at radius 2 is 0.718 bits per heavy atom. The van der Waals surface area contributed by atoms with E-state index in [1.165, 1.54) is 9.80 Å². The largest absolute Gasteiger partial charge is 0.439 e. The molecule has 2 aliphatic rings. The SMILES string of the molecule is CC/C=C\C/C=C\C/C=C\C/C=C\C/C=C\CCCCO[C@@H](CC)C(=O)N1C(=O)O[C@H](c2ccccc2)[C@@H]1C.CC/C=C\C/C=C\C/C=C\C/C=C\C/C=C\CCCCO[C@H](CC)C(=O)N1C(=O)O[C@H](c2ccccc2)[C@@H]1C. The van der Waals surface area contributed by atoms with Crippen LogP contribution in [0.3, 0.4) is 0 Å². The van der Waals surface area contributed by atoms with E-state index in [9.17, 15) is 19.2 Å². The highest BCUT2D eigenvalue weighted by Crippen LogP contribution is 2.34. The predicted molar refractivity (Wildman–Crippen MR) is 321 cm³/mol. The summed E-state index contributed by atoms with van der Waals surface area (Å²) in [7, 11) is 0. The third kappa shape index (κ3) is 26.3. The van der Waals surface area contributed by atoms with Gasteiger partial charge in [-0.1, -0.05) is 210 Å². The molecule has 10 heteroatoms. The number of hydrogen-bond donors (Lipinski definition) is 0. The zero-order valence-corrected chi connectivity index (χ0v) is 48.1. The van der Waals surface area contributed by atoms with E-state index < -0.39 is 36.6 Å². The lowest BCUT2D eigenvalue weighted by atomic mass is 10.0. The number of benzene rings is 2. The number of rotatable bonds is 36. The molecular weight excluding hydrogens is 973 g/mol. The number of cyclic esters (lactones) is 2. The van der Waals surface area contributed by atoms with E-state index in [2.05, 4.69) is 135 Å². The molecule has 0 spiro atoms. The lowest BCUT2D eigenvalue weighted by Gasteiger charge is -2.24. The van der Waals surface area contributed by atoms with Crippen molar-refractivity contribution in [2.75, 3.05) is 13.2 Å². The minimum Gasteiger partial charge on any atom is -0.439 e. The number of amides is 4. The minimum atomic E-state index is -0.636. The van der Waals surface area contributed by atoms with Gasteiger partial charge in [0.05, 0.1) is 12.1 Å². The van der Waals surface area contributed by atoms with E-state index in [0.717, 1.165) is 114 Å². The molecule has 0 saturated carbocycles. The first-order valence-corrected chi connectivity index (χ1v) is 29.1. The van der Waals surface area contributed by atoms with Gasteiger partial charge in [-0.15, -0.1) is 0 Å². The number of unbranched alkanes of at least 4 members (excludes halogenated alkanes) is 4. The van der Waals surface area contributed by atoms with Crippen LogP contribution in [0.4, 0.5) is 9.59 Å². The van der Waals surface area contributed by atoms with Crippen molar-refractivity contribution in [2.24, 2.45) is 0 Å². The quantitative estimate of drug-likeness (QED) is 0.0490. The summed E-state index contributed by atoms with van der Waals surface area (Å²) in [5.41, 5.74) is 1.77. The van der Waals surface area contributed by atoms with Crippen molar-refractivity contribution in [3.8, 4) is 0 Å². The van der Waals surface area contributed by atoms with E-state index in [1.54, 1.807) is 0 Å². The van der Waals surface area contributed by atoms with Crippen molar-refractivity contribution >= 4 is 24.0 Å². The first-order chi connectivity index (χ1) is 38.2. The number of carbonyl (C=O) groups excluding carboxylic acids is 4. The van der Waals surface area contributed by atoms with Gasteiger partial charge in [0.2, 0.25) is 0 Å². The van der Waals surface area contributed by atoms with Gasteiger partial charge in [0.1, 0.15) is 24.4 Å². The summed E-state index contributed by atoms with van der Waals surface area (Å²) in [5, 5.41) is 0. The second-order valence-electron chi connectivity index (χ2n) is 19.3. The van der Waals surface area contributed by atoms with Gasteiger partial charge in [0.15, 0.2) is 0 Å². The molecule has 2 aromatic rings. The van der Waals surface area contributed by atoms with Crippen molar-refractivity contribution in [3.05, 3.63) is 193 Å². The smallest absolute Gasteiger partial charge is 0.417 e. The van der Waals surface area contributed by atoms with Crippen LogP contribution in [0.15, 0.2) is 182 Å². The molecule has 0 aliphatic carbocycles. The van der Waals surface area contributed by atoms with Crippen molar-refractivity contribution in [1.82, 2.24) is 9.80 Å². The molecule has 10 nitrogen and oxygen atoms in total. The number of hydrogen-bond acceptors (Lipinski definition) is 8. The Balaban J connectivity index is 0.000000410. The Labute approximate surface area is 470 Å². The molecule has 0 N–H and O–H groups in total. The maximum Gasteiger partial charge on any atom is 0.417 e. The minimum absolute atomic E-state index is 0.314. The van der Waals surface area contributed by atoms with E-state index in [0.29, 0.717) is 26.1 Å². The lowest BCUT2D eigenvalue weighted by Crippen LogP contribution is -2.44. The maximum absolute atomic E-state index is 13.1. The second kappa shape index (κ2) is 42.6. The van der Waals surface area contributed by atoms with Crippen LogP contribution in [0.2, 0.25) is 0 Å². The lowest BCUT2D eigenvalue weighted by molar-refractivity contribution is -0.142. The first-order valence-electron chi connectivity index (χ1n) is 29.1. The topological polar surface area (TPSA) is 112 Å². The molecule has 0 unspecified atom stereocenters. The Morgan fingerprint density at radius 1 is 0.436 bits per heavy atom. The summed E-state index contributed by atoms with van der Waals surface area (Å²) >= 11 is 0. The second-order valence-corrected chi connectivity index (χ2v) is 19.3. The fourth-order valence-corrected chi connectivity index (χ4v) is 8.65. The normalized spacial score (nSPS) is 18.9. The van der Waals surface area contributed by atoms with E-state index in [-0.39, 0.29) is 23.9 Å². The van der Waals surface area contributed by atoms with Gasteiger partial charge in [-0.2, -0.15) is 0 Å². The maximum atomic E-state index is 13.1. The molecule has 2 aromatic carbocycles. The van der Waals surface area contributed by atoms with E-state index in [1.807, 2.05) is 88.4 Å². The summed E-state index contributed by atoms with van der Waals surface area (Å²) in [6.45, 7) is 12.8. The summed E-state index contributed by atoms with van der Waals surface area (Å²) < 4.78 is 22.8. The van der Waals surface area contributed by atoms with Gasteiger partial charge in [0.25, 0.3) is 11.8 Å².